The first-order valence-corrected chi connectivity index (χ1v) is 9.43. The first kappa shape index (κ1) is 16.1. The quantitative estimate of drug-likeness (QED) is 0.561. The summed E-state index contributed by atoms with van der Waals surface area (Å²) in [6.45, 7) is 0.500. The second kappa shape index (κ2) is 6.57. The van der Waals surface area contributed by atoms with Crippen molar-refractivity contribution in [1.82, 2.24) is 29.1 Å². The zero-order valence-corrected chi connectivity index (χ0v) is 15.0. The maximum atomic E-state index is 12.9. The fourth-order valence-corrected chi connectivity index (χ4v) is 3.92. The highest BCUT2D eigenvalue weighted by Crippen LogP contribution is 2.31. The van der Waals surface area contributed by atoms with Crippen molar-refractivity contribution < 1.29 is 0 Å². The Bertz CT molecular complexity index is 1160. The molecule has 0 aliphatic heterocycles. The van der Waals surface area contributed by atoms with Gasteiger partial charge in [-0.05, 0) is 36.6 Å². The molecule has 1 aliphatic rings. The van der Waals surface area contributed by atoms with E-state index in [1.165, 1.54) is 19.3 Å². The maximum absolute atomic E-state index is 12.9. The molecular formula is C20H20N6O. The molecule has 5 rings (SSSR count). The number of hydrogen-bond acceptors (Lipinski definition) is 5. The van der Waals surface area contributed by atoms with Crippen molar-refractivity contribution in [3.63, 3.8) is 0 Å². The highest BCUT2D eigenvalue weighted by atomic mass is 16.1. The third kappa shape index (κ3) is 2.89. The van der Waals surface area contributed by atoms with E-state index in [1.54, 1.807) is 27.7 Å². The van der Waals surface area contributed by atoms with Crippen LogP contribution >= 0.6 is 0 Å². The summed E-state index contributed by atoms with van der Waals surface area (Å²) in [7, 11) is 0. The van der Waals surface area contributed by atoms with Gasteiger partial charge in [0.2, 0.25) is 0 Å². The van der Waals surface area contributed by atoms with Crippen LogP contribution in [0.3, 0.4) is 0 Å². The summed E-state index contributed by atoms with van der Waals surface area (Å²) in [4.78, 5) is 26.0. The monoisotopic (exact) mass is 360 g/mol. The molecule has 1 fully saturated rings. The Morgan fingerprint density at radius 2 is 1.89 bits per heavy atom. The van der Waals surface area contributed by atoms with Crippen LogP contribution < -0.4 is 5.56 Å². The van der Waals surface area contributed by atoms with Gasteiger partial charge in [-0.2, -0.15) is 9.50 Å². The number of fused-ring (bicyclic) bond motifs is 3. The van der Waals surface area contributed by atoms with Gasteiger partial charge in [0.1, 0.15) is 0 Å². The third-order valence-electron chi connectivity index (χ3n) is 5.40. The third-order valence-corrected chi connectivity index (χ3v) is 5.40. The lowest BCUT2D eigenvalue weighted by Gasteiger charge is -2.17. The van der Waals surface area contributed by atoms with Crippen LogP contribution in [0, 0.1) is 0 Å². The zero-order valence-electron chi connectivity index (χ0n) is 15.0. The fraction of sp³-hybridized carbons (Fsp3) is 0.350. The summed E-state index contributed by atoms with van der Waals surface area (Å²) < 4.78 is 3.40. The second-order valence-electron chi connectivity index (χ2n) is 7.18. The molecule has 0 spiro atoms. The predicted octanol–water partition coefficient (Wildman–Crippen LogP) is 2.93. The Labute approximate surface area is 155 Å². The number of aromatic nitrogens is 6. The van der Waals surface area contributed by atoms with Crippen LogP contribution in [-0.4, -0.2) is 29.1 Å². The molecule has 136 valence electrons. The van der Waals surface area contributed by atoms with E-state index >= 15 is 0 Å². The normalized spacial score (nSPS) is 15.6. The van der Waals surface area contributed by atoms with E-state index in [4.69, 9.17) is 5.10 Å². The van der Waals surface area contributed by atoms with Crippen LogP contribution in [-0.2, 0) is 6.54 Å². The van der Waals surface area contributed by atoms with Crippen LogP contribution in [0.15, 0.2) is 47.8 Å². The van der Waals surface area contributed by atoms with E-state index in [0.717, 1.165) is 29.7 Å². The molecule has 0 amide bonds. The van der Waals surface area contributed by atoms with E-state index < -0.39 is 0 Å². The van der Waals surface area contributed by atoms with Gasteiger partial charge in [-0.25, -0.2) is 4.98 Å². The molecule has 7 heteroatoms. The lowest BCUT2D eigenvalue weighted by Crippen LogP contribution is -2.21. The number of rotatable bonds is 3. The van der Waals surface area contributed by atoms with Gasteiger partial charge in [-0.3, -0.25) is 9.78 Å². The summed E-state index contributed by atoms with van der Waals surface area (Å²) >= 11 is 0. The van der Waals surface area contributed by atoms with Gasteiger partial charge in [-0.15, -0.1) is 5.10 Å². The van der Waals surface area contributed by atoms with Gasteiger partial charge < -0.3 is 4.57 Å². The van der Waals surface area contributed by atoms with Crippen LogP contribution in [0.25, 0.3) is 16.7 Å². The molecule has 0 aromatic carbocycles. The molecule has 0 saturated heterocycles. The number of pyridine rings is 2. The largest absolute Gasteiger partial charge is 0.310 e. The summed E-state index contributed by atoms with van der Waals surface area (Å²) in [5, 5.41) is 5.26. The molecule has 4 heterocycles. The van der Waals surface area contributed by atoms with Crippen LogP contribution in [0.2, 0.25) is 0 Å². The fourth-order valence-electron chi connectivity index (χ4n) is 3.92. The van der Waals surface area contributed by atoms with E-state index in [2.05, 4.69) is 15.0 Å². The first-order valence-electron chi connectivity index (χ1n) is 9.43. The van der Waals surface area contributed by atoms with Crippen LogP contribution in [0.1, 0.15) is 49.4 Å². The van der Waals surface area contributed by atoms with E-state index in [1.807, 2.05) is 24.4 Å². The summed E-state index contributed by atoms with van der Waals surface area (Å²) in [5.74, 6) is 1.83. The minimum absolute atomic E-state index is 0.0755. The van der Waals surface area contributed by atoms with Crippen molar-refractivity contribution in [1.29, 1.82) is 0 Å². The van der Waals surface area contributed by atoms with Gasteiger partial charge in [-0.1, -0.05) is 19.3 Å². The molecule has 4 aromatic rings. The Hall–Kier alpha value is -3.09. The standard InChI is InChI=1S/C20H20N6O/c27-19-16-12-22-20-23-18(15-4-2-1-3-5-15)24-26(20)17(16)8-11-25(19)13-14-6-9-21-10-7-14/h6-12,15H,1-5,13H2. The molecule has 1 aliphatic carbocycles. The molecule has 1 saturated carbocycles. The Morgan fingerprint density at radius 3 is 2.70 bits per heavy atom. The van der Waals surface area contributed by atoms with Gasteiger partial charge in [0.05, 0.1) is 17.4 Å². The Balaban J connectivity index is 1.58. The van der Waals surface area contributed by atoms with E-state index in [9.17, 15) is 4.79 Å². The van der Waals surface area contributed by atoms with Gasteiger partial charge in [0.25, 0.3) is 11.3 Å². The zero-order chi connectivity index (χ0) is 18.2. The van der Waals surface area contributed by atoms with E-state index in [0.29, 0.717) is 23.6 Å². The Kier molecular flexibility index (Phi) is 3.92. The minimum atomic E-state index is -0.0755. The van der Waals surface area contributed by atoms with Gasteiger partial charge >= 0.3 is 0 Å². The average Bonchev–Trinajstić information content (AvgIpc) is 3.16. The van der Waals surface area contributed by atoms with Gasteiger partial charge in [0, 0.05) is 30.7 Å². The highest BCUT2D eigenvalue weighted by molar-refractivity contribution is 5.78. The number of nitrogens with zero attached hydrogens (tertiary/aromatic N) is 6. The topological polar surface area (TPSA) is 78.0 Å². The van der Waals surface area contributed by atoms with Crippen LogP contribution in [0.4, 0.5) is 0 Å². The first-order chi connectivity index (χ1) is 13.3. The molecular weight excluding hydrogens is 340 g/mol. The molecule has 0 unspecified atom stereocenters. The maximum Gasteiger partial charge on any atom is 0.261 e. The summed E-state index contributed by atoms with van der Waals surface area (Å²) in [6, 6.07) is 5.74. The molecule has 0 radical (unpaired) electrons. The lowest BCUT2D eigenvalue weighted by atomic mass is 9.89. The molecule has 0 bridgehead atoms. The predicted molar refractivity (Wildman–Crippen MR) is 102 cm³/mol. The average molecular weight is 360 g/mol. The summed E-state index contributed by atoms with van der Waals surface area (Å²) in [6.07, 6.45) is 12.9. The molecule has 0 atom stereocenters. The van der Waals surface area contributed by atoms with Crippen molar-refractivity contribution in [2.75, 3.05) is 0 Å². The molecule has 7 nitrogen and oxygen atoms in total. The molecule has 0 N–H and O–H groups in total. The van der Waals surface area contributed by atoms with Crippen molar-refractivity contribution in [3.05, 3.63) is 64.7 Å². The Morgan fingerprint density at radius 1 is 1.07 bits per heavy atom. The van der Waals surface area contributed by atoms with Crippen LogP contribution in [0.5, 0.6) is 0 Å². The van der Waals surface area contributed by atoms with Crippen molar-refractivity contribution in [2.24, 2.45) is 0 Å². The van der Waals surface area contributed by atoms with Crippen molar-refractivity contribution >= 4 is 16.7 Å². The SMILES string of the molecule is O=c1c2cnc3nc(C4CCCCC4)nn3c2ccn1Cc1ccncc1. The molecule has 27 heavy (non-hydrogen) atoms. The molecule has 4 aromatic heterocycles. The second-order valence-corrected chi connectivity index (χ2v) is 7.18. The number of hydrogen-bond donors (Lipinski definition) is 0. The lowest BCUT2D eigenvalue weighted by molar-refractivity contribution is 0.429. The highest BCUT2D eigenvalue weighted by Gasteiger charge is 2.21. The smallest absolute Gasteiger partial charge is 0.261 e. The van der Waals surface area contributed by atoms with E-state index in [-0.39, 0.29) is 5.56 Å². The minimum Gasteiger partial charge on any atom is -0.310 e. The van der Waals surface area contributed by atoms with Gasteiger partial charge in [0.15, 0.2) is 5.82 Å². The van der Waals surface area contributed by atoms with Crippen molar-refractivity contribution in [2.45, 2.75) is 44.6 Å². The van der Waals surface area contributed by atoms with Crippen molar-refractivity contribution in [3.8, 4) is 0 Å². The summed E-state index contributed by atoms with van der Waals surface area (Å²) in [5.41, 5.74) is 1.71.